The molecular formula is C8H15NO2. The molecule has 0 rings (SSSR count). The summed E-state index contributed by atoms with van der Waals surface area (Å²) in [4.78, 5) is 15.7. The minimum Gasteiger partial charge on any atom is -0.274 e. The van der Waals surface area contributed by atoms with Crippen molar-refractivity contribution in [2.24, 2.45) is 0 Å². The third kappa shape index (κ3) is 4.56. The lowest BCUT2D eigenvalue weighted by Crippen LogP contribution is -2.24. The molecular weight excluding hydrogens is 142 g/mol. The lowest BCUT2D eigenvalue weighted by atomic mass is 10.2. The Morgan fingerprint density at radius 1 is 1.55 bits per heavy atom. The molecule has 3 nitrogen and oxygen atoms in total. The van der Waals surface area contributed by atoms with E-state index in [2.05, 4.69) is 12.1 Å². The highest BCUT2D eigenvalue weighted by Gasteiger charge is 2.03. The van der Waals surface area contributed by atoms with E-state index >= 15 is 0 Å². The molecule has 0 aromatic heterocycles. The smallest absolute Gasteiger partial charge is 0.270 e. The Kier molecular flexibility index (Phi) is 5.47. The lowest BCUT2D eigenvalue weighted by molar-refractivity contribution is -0.129. The molecule has 0 aliphatic rings. The van der Waals surface area contributed by atoms with E-state index in [1.54, 1.807) is 0 Å². The van der Waals surface area contributed by atoms with E-state index in [4.69, 9.17) is 4.84 Å². The molecule has 0 bridgehead atoms. The predicted octanol–water partition coefficient (Wildman–Crippen LogP) is 1.41. The van der Waals surface area contributed by atoms with Gasteiger partial charge in [-0.2, -0.15) is 0 Å². The van der Waals surface area contributed by atoms with Crippen molar-refractivity contribution >= 4 is 5.91 Å². The molecule has 1 amide bonds. The average molecular weight is 157 g/mol. The first-order valence-corrected chi connectivity index (χ1v) is 3.82. The molecule has 0 aliphatic carbocycles. The summed E-state index contributed by atoms with van der Waals surface area (Å²) < 4.78 is 0. The normalized spacial score (nSPS) is 9.27. The summed E-state index contributed by atoms with van der Waals surface area (Å²) in [6, 6.07) is 0. The highest BCUT2D eigenvalue weighted by Crippen LogP contribution is 2.00. The van der Waals surface area contributed by atoms with E-state index in [9.17, 15) is 4.79 Å². The zero-order valence-corrected chi connectivity index (χ0v) is 7.14. The average Bonchev–Trinajstić information content (AvgIpc) is 2.00. The van der Waals surface area contributed by atoms with Gasteiger partial charge in [0.1, 0.15) is 0 Å². The van der Waals surface area contributed by atoms with Gasteiger partial charge in [-0.25, -0.2) is 5.48 Å². The first kappa shape index (κ1) is 10.2. The number of carbonyl (C=O) groups is 1. The van der Waals surface area contributed by atoms with Crippen LogP contribution in [0.1, 0.15) is 26.7 Å². The SMILES string of the molecule is C=C(CCC)C(=O)NOCC. The van der Waals surface area contributed by atoms with Crippen molar-refractivity contribution < 1.29 is 9.63 Å². The summed E-state index contributed by atoms with van der Waals surface area (Å²) in [5.41, 5.74) is 2.85. The van der Waals surface area contributed by atoms with Gasteiger partial charge in [-0.1, -0.05) is 19.9 Å². The van der Waals surface area contributed by atoms with Crippen LogP contribution in [0.2, 0.25) is 0 Å². The summed E-state index contributed by atoms with van der Waals surface area (Å²) in [7, 11) is 0. The van der Waals surface area contributed by atoms with Crippen LogP contribution in [0, 0.1) is 0 Å². The van der Waals surface area contributed by atoms with E-state index in [0.29, 0.717) is 12.2 Å². The first-order valence-electron chi connectivity index (χ1n) is 3.82. The molecule has 0 atom stereocenters. The Bertz CT molecular complexity index is 143. The summed E-state index contributed by atoms with van der Waals surface area (Å²) in [5.74, 6) is -0.214. The van der Waals surface area contributed by atoms with Crippen LogP contribution in [-0.2, 0) is 9.63 Å². The fourth-order valence-corrected chi connectivity index (χ4v) is 0.625. The Hall–Kier alpha value is -0.830. The maximum Gasteiger partial charge on any atom is 0.270 e. The van der Waals surface area contributed by atoms with Crippen molar-refractivity contribution in [1.29, 1.82) is 0 Å². The summed E-state index contributed by atoms with van der Waals surface area (Å²) in [6.07, 6.45) is 1.65. The predicted molar refractivity (Wildman–Crippen MR) is 43.8 cm³/mol. The molecule has 0 spiro atoms. The van der Waals surface area contributed by atoms with Crippen LogP contribution in [0.3, 0.4) is 0 Å². The lowest BCUT2D eigenvalue weighted by Gasteiger charge is -2.04. The van der Waals surface area contributed by atoms with E-state index in [1.165, 1.54) is 0 Å². The summed E-state index contributed by atoms with van der Waals surface area (Å²) >= 11 is 0. The molecule has 0 aromatic rings. The van der Waals surface area contributed by atoms with Gasteiger partial charge in [0.2, 0.25) is 0 Å². The number of carbonyl (C=O) groups excluding carboxylic acids is 1. The minimum atomic E-state index is -0.214. The zero-order chi connectivity index (χ0) is 8.69. The number of rotatable bonds is 5. The van der Waals surface area contributed by atoms with E-state index in [0.717, 1.165) is 12.8 Å². The van der Waals surface area contributed by atoms with E-state index in [1.807, 2.05) is 13.8 Å². The van der Waals surface area contributed by atoms with E-state index in [-0.39, 0.29) is 5.91 Å². The topological polar surface area (TPSA) is 38.3 Å². The largest absolute Gasteiger partial charge is 0.274 e. The van der Waals surface area contributed by atoms with Gasteiger partial charge in [0.25, 0.3) is 5.91 Å². The number of hydrogen-bond donors (Lipinski definition) is 1. The summed E-state index contributed by atoms with van der Waals surface area (Å²) in [5, 5.41) is 0. The molecule has 0 heterocycles. The van der Waals surface area contributed by atoms with Gasteiger partial charge in [0.15, 0.2) is 0 Å². The van der Waals surface area contributed by atoms with Crippen molar-refractivity contribution in [3.63, 3.8) is 0 Å². The van der Waals surface area contributed by atoms with Gasteiger partial charge in [-0.05, 0) is 13.3 Å². The van der Waals surface area contributed by atoms with Crippen LogP contribution in [0.25, 0.3) is 0 Å². The van der Waals surface area contributed by atoms with Gasteiger partial charge in [0.05, 0.1) is 6.61 Å². The third-order valence-electron chi connectivity index (χ3n) is 1.18. The highest BCUT2D eigenvalue weighted by molar-refractivity contribution is 5.91. The molecule has 1 N–H and O–H groups in total. The van der Waals surface area contributed by atoms with Crippen LogP contribution in [0.4, 0.5) is 0 Å². The molecule has 3 heteroatoms. The zero-order valence-electron chi connectivity index (χ0n) is 7.14. The van der Waals surface area contributed by atoms with Crippen LogP contribution in [-0.4, -0.2) is 12.5 Å². The molecule has 0 radical (unpaired) electrons. The first-order chi connectivity index (χ1) is 5.22. The van der Waals surface area contributed by atoms with E-state index < -0.39 is 0 Å². The quantitative estimate of drug-likeness (QED) is 0.484. The van der Waals surface area contributed by atoms with Crippen LogP contribution < -0.4 is 5.48 Å². The van der Waals surface area contributed by atoms with Crippen molar-refractivity contribution in [3.8, 4) is 0 Å². The second kappa shape index (κ2) is 5.92. The monoisotopic (exact) mass is 157 g/mol. The van der Waals surface area contributed by atoms with Crippen molar-refractivity contribution in [2.45, 2.75) is 26.7 Å². The molecule has 0 saturated heterocycles. The van der Waals surface area contributed by atoms with Gasteiger partial charge in [-0.3, -0.25) is 9.63 Å². The maximum atomic E-state index is 11.0. The van der Waals surface area contributed by atoms with Gasteiger partial charge < -0.3 is 0 Å². The van der Waals surface area contributed by atoms with Crippen LogP contribution in [0.5, 0.6) is 0 Å². The number of amides is 1. The Morgan fingerprint density at radius 2 is 2.18 bits per heavy atom. The van der Waals surface area contributed by atoms with Gasteiger partial charge in [0, 0.05) is 5.57 Å². The molecule has 11 heavy (non-hydrogen) atoms. The van der Waals surface area contributed by atoms with Crippen LogP contribution in [0.15, 0.2) is 12.2 Å². The van der Waals surface area contributed by atoms with Crippen molar-refractivity contribution in [2.75, 3.05) is 6.61 Å². The molecule has 0 aromatic carbocycles. The highest BCUT2D eigenvalue weighted by atomic mass is 16.6. The second-order valence-electron chi connectivity index (χ2n) is 2.22. The molecule has 0 fully saturated rings. The number of hydroxylamine groups is 1. The third-order valence-corrected chi connectivity index (χ3v) is 1.18. The fourth-order valence-electron chi connectivity index (χ4n) is 0.625. The fraction of sp³-hybridized carbons (Fsp3) is 0.625. The molecule has 64 valence electrons. The standard InChI is InChI=1S/C8H15NO2/c1-4-6-7(3)8(10)9-11-5-2/h3-6H2,1-2H3,(H,9,10). The Balaban J connectivity index is 3.56. The maximum absolute atomic E-state index is 11.0. The van der Waals surface area contributed by atoms with Crippen molar-refractivity contribution in [1.82, 2.24) is 5.48 Å². The number of hydrogen-bond acceptors (Lipinski definition) is 2. The second-order valence-corrected chi connectivity index (χ2v) is 2.22. The molecule has 0 unspecified atom stereocenters. The van der Waals surface area contributed by atoms with Crippen molar-refractivity contribution in [3.05, 3.63) is 12.2 Å². The minimum absolute atomic E-state index is 0.214. The van der Waals surface area contributed by atoms with Gasteiger partial charge in [-0.15, -0.1) is 0 Å². The Morgan fingerprint density at radius 3 is 2.64 bits per heavy atom. The van der Waals surface area contributed by atoms with Gasteiger partial charge >= 0.3 is 0 Å². The summed E-state index contributed by atoms with van der Waals surface area (Å²) in [6.45, 7) is 7.89. The Labute approximate surface area is 67.4 Å². The van der Waals surface area contributed by atoms with Crippen LogP contribution >= 0.6 is 0 Å². The molecule has 0 saturated carbocycles. The molecule has 0 aliphatic heterocycles. The number of nitrogens with one attached hydrogen (secondary N) is 1.